The van der Waals surface area contributed by atoms with Gasteiger partial charge in [-0.3, -0.25) is 0 Å². The van der Waals surface area contributed by atoms with Gasteiger partial charge >= 0.3 is 0 Å². The second-order valence-corrected chi connectivity index (χ2v) is 7.54. The molecule has 1 atom stereocenters. The molecule has 1 aromatic heterocycles. The molecule has 2 aromatic carbocycles. The molecule has 6 nitrogen and oxygen atoms in total. The van der Waals surface area contributed by atoms with E-state index in [-0.39, 0.29) is 5.75 Å². The highest BCUT2D eigenvalue weighted by Gasteiger charge is 2.20. The first-order chi connectivity index (χ1) is 13.5. The van der Waals surface area contributed by atoms with Crippen molar-refractivity contribution in [3.05, 3.63) is 47.5 Å². The van der Waals surface area contributed by atoms with Crippen LogP contribution in [-0.2, 0) is 0 Å². The molecule has 2 N–H and O–H groups in total. The number of hydrogen-bond donors (Lipinski definition) is 2. The van der Waals surface area contributed by atoms with Gasteiger partial charge in [0, 0.05) is 28.9 Å². The van der Waals surface area contributed by atoms with Gasteiger partial charge in [0.2, 0.25) is 0 Å². The van der Waals surface area contributed by atoms with Crippen LogP contribution in [0.1, 0.15) is 24.0 Å². The number of piperidine rings is 1. The van der Waals surface area contributed by atoms with Crippen molar-refractivity contribution >= 4 is 16.6 Å². The summed E-state index contributed by atoms with van der Waals surface area (Å²) in [7, 11) is 2.14. The number of aryl methyl sites for hydroxylation is 1. The predicted octanol–water partition coefficient (Wildman–Crippen LogP) is 3.69. The number of nitrogens with one attached hydrogen (secondary N) is 1. The first kappa shape index (κ1) is 18.2. The van der Waals surface area contributed by atoms with Gasteiger partial charge in [-0.15, -0.1) is 10.2 Å². The van der Waals surface area contributed by atoms with E-state index in [4.69, 9.17) is 5.26 Å². The molecule has 0 spiro atoms. The Morgan fingerprint density at radius 2 is 2.04 bits per heavy atom. The standard InChI is InChI=1S/C22H23N5O/c1-14-5-7-17-19(10-14)21(18-8-6-15(12-23)11-20(18)28)25-26-22(17)24-16-4-3-9-27(2)13-16/h5-8,10-11,16,28H,3-4,9,13H2,1-2H3,(H,24,26)/t16-/m1/s1. The van der Waals surface area contributed by atoms with Gasteiger partial charge in [0.05, 0.1) is 11.6 Å². The van der Waals surface area contributed by atoms with Crippen LogP contribution in [0.25, 0.3) is 22.0 Å². The molecule has 0 amide bonds. The average molecular weight is 373 g/mol. The molecule has 0 radical (unpaired) electrons. The Hall–Kier alpha value is -3.17. The number of aromatic nitrogens is 2. The molecule has 0 unspecified atom stereocenters. The quantitative estimate of drug-likeness (QED) is 0.728. The number of fused-ring (bicyclic) bond motifs is 1. The third kappa shape index (κ3) is 3.49. The Kier molecular flexibility index (Phi) is 4.84. The second-order valence-electron chi connectivity index (χ2n) is 7.54. The lowest BCUT2D eigenvalue weighted by molar-refractivity contribution is 0.261. The topological polar surface area (TPSA) is 85.1 Å². The summed E-state index contributed by atoms with van der Waals surface area (Å²) in [5.41, 5.74) is 2.71. The van der Waals surface area contributed by atoms with Crippen LogP contribution in [0.15, 0.2) is 36.4 Å². The lowest BCUT2D eigenvalue weighted by Crippen LogP contribution is -2.40. The molecule has 1 saturated heterocycles. The fraction of sp³-hybridized carbons (Fsp3) is 0.318. The van der Waals surface area contributed by atoms with Gasteiger partial charge in [0.1, 0.15) is 11.4 Å². The van der Waals surface area contributed by atoms with E-state index in [2.05, 4.69) is 45.7 Å². The van der Waals surface area contributed by atoms with E-state index in [0.717, 1.165) is 48.1 Å². The summed E-state index contributed by atoms with van der Waals surface area (Å²) < 4.78 is 0. The van der Waals surface area contributed by atoms with Crippen LogP contribution >= 0.6 is 0 Å². The van der Waals surface area contributed by atoms with Gasteiger partial charge in [-0.2, -0.15) is 5.26 Å². The molecule has 1 aliphatic heterocycles. The number of benzene rings is 2. The van der Waals surface area contributed by atoms with E-state index >= 15 is 0 Å². The maximum Gasteiger partial charge on any atom is 0.156 e. The minimum atomic E-state index is 0.0331. The van der Waals surface area contributed by atoms with Gasteiger partial charge < -0.3 is 15.3 Å². The van der Waals surface area contributed by atoms with E-state index in [0.29, 0.717) is 22.9 Å². The van der Waals surface area contributed by atoms with Crippen LogP contribution in [0.3, 0.4) is 0 Å². The molecule has 6 heteroatoms. The number of likely N-dealkylation sites (tertiary alicyclic amines) is 1. The zero-order valence-corrected chi connectivity index (χ0v) is 16.1. The minimum Gasteiger partial charge on any atom is -0.507 e. The number of nitrogens with zero attached hydrogens (tertiary/aromatic N) is 4. The monoisotopic (exact) mass is 373 g/mol. The van der Waals surface area contributed by atoms with Crippen molar-refractivity contribution in [3.8, 4) is 23.1 Å². The van der Waals surface area contributed by atoms with E-state index in [1.54, 1.807) is 12.1 Å². The summed E-state index contributed by atoms with van der Waals surface area (Å²) in [6.45, 7) is 4.14. The summed E-state index contributed by atoms with van der Waals surface area (Å²) in [6.07, 6.45) is 2.27. The fourth-order valence-electron chi connectivity index (χ4n) is 3.85. The Balaban J connectivity index is 1.79. The molecular formula is C22H23N5O. The Morgan fingerprint density at radius 3 is 2.79 bits per heavy atom. The number of phenols is 1. The fourth-order valence-corrected chi connectivity index (χ4v) is 3.85. The number of likely N-dealkylation sites (N-methyl/N-ethyl adjacent to an activating group) is 1. The van der Waals surface area contributed by atoms with Crippen molar-refractivity contribution < 1.29 is 5.11 Å². The lowest BCUT2D eigenvalue weighted by atomic mass is 10.0. The maximum atomic E-state index is 10.4. The van der Waals surface area contributed by atoms with Crippen LogP contribution in [-0.4, -0.2) is 46.4 Å². The number of hydrogen-bond acceptors (Lipinski definition) is 6. The number of phenolic OH excluding ortho intramolecular Hbond substituents is 1. The van der Waals surface area contributed by atoms with Gasteiger partial charge in [-0.25, -0.2) is 0 Å². The third-order valence-corrected chi connectivity index (χ3v) is 5.28. The molecule has 0 saturated carbocycles. The molecule has 142 valence electrons. The summed E-state index contributed by atoms with van der Waals surface area (Å²) in [6, 6.07) is 13.4. The van der Waals surface area contributed by atoms with E-state index < -0.39 is 0 Å². The Morgan fingerprint density at radius 1 is 1.18 bits per heavy atom. The van der Waals surface area contributed by atoms with Crippen LogP contribution < -0.4 is 5.32 Å². The molecule has 2 heterocycles. The summed E-state index contributed by atoms with van der Waals surface area (Å²) in [5.74, 6) is 0.804. The van der Waals surface area contributed by atoms with Crippen molar-refractivity contribution in [2.24, 2.45) is 0 Å². The van der Waals surface area contributed by atoms with Crippen molar-refractivity contribution in [3.63, 3.8) is 0 Å². The summed E-state index contributed by atoms with van der Waals surface area (Å²) in [4.78, 5) is 2.32. The Bertz CT molecular complexity index is 1070. The maximum absolute atomic E-state index is 10.4. The highest BCUT2D eigenvalue weighted by molar-refractivity contribution is 6.01. The first-order valence-corrected chi connectivity index (χ1v) is 9.51. The minimum absolute atomic E-state index is 0.0331. The van der Waals surface area contributed by atoms with Crippen molar-refractivity contribution in [2.45, 2.75) is 25.8 Å². The lowest BCUT2D eigenvalue weighted by Gasteiger charge is -2.30. The molecule has 1 aliphatic rings. The normalized spacial score (nSPS) is 17.4. The smallest absolute Gasteiger partial charge is 0.156 e. The van der Waals surface area contributed by atoms with Crippen molar-refractivity contribution in [1.29, 1.82) is 5.26 Å². The zero-order valence-electron chi connectivity index (χ0n) is 16.1. The van der Waals surface area contributed by atoms with E-state index in [1.807, 2.05) is 13.0 Å². The molecule has 3 aromatic rings. The third-order valence-electron chi connectivity index (χ3n) is 5.28. The van der Waals surface area contributed by atoms with Gasteiger partial charge in [0.25, 0.3) is 0 Å². The van der Waals surface area contributed by atoms with Gasteiger partial charge in [-0.05, 0) is 57.6 Å². The largest absolute Gasteiger partial charge is 0.507 e. The first-order valence-electron chi connectivity index (χ1n) is 9.51. The number of anilines is 1. The molecule has 1 fully saturated rings. The predicted molar refractivity (Wildman–Crippen MR) is 110 cm³/mol. The highest BCUT2D eigenvalue weighted by atomic mass is 16.3. The van der Waals surface area contributed by atoms with Crippen LogP contribution in [0.4, 0.5) is 5.82 Å². The van der Waals surface area contributed by atoms with Crippen molar-refractivity contribution in [2.75, 3.05) is 25.5 Å². The molecule has 4 rings (SSSR count). The highest BCUT2D eigenvalue weighted by Crippen LogP contribution is 2.35. The number of rotatable bonds is 3. The number of aromatic hydroxyl groups is 1. The number of nitriles is 1. The summed E-state index contributed by atoms with van der Waals surface area (Å²) in [5, 5.41) is 33.9. The van der Waals surface area contributed by atoms with Gasteiger partial charge in [-0.1, -0.05) is 17.7 Å². The average Bonchev–Trinajstić information content (AvgIpc) is 2.68. The summed E-state index contributed by atoms with van der Waals surface area (Å²) >= 11 is 0. The molecular weight excluding hydrogens is 350 g/mol. The van der Waals surface area contributed by atoms with Crippen molar-refractivity contribution in [1.82, 2.24) is 15.1 Å². The van der Waals surface area contributed by atoms with E-state index in [1.165, 1.54) is 6.07 Å². The molecule has 0 aliphatic carbocycles. The zero-order chi connectivity index (χ0) is 19.7. The molecule has 0 bridgehead atoms. The molecule has 28 heavy (non-hydrogen) atoms. The van der Waals surface area contributed by atoms with Crippen LogP contribution in [0, 0.1) is 18.3 Å². The van der Waals surface area contributed by atoms with E-state index in [9.17, 15) is 5.11 Å². The second kappa shape index (κ2) is 7.45. The Labute approximate surface area is 164 Å². The van der Waals surface area contributed by atoms with Crippen LogP contribution in [0.5, 0.6) is 5.75 Å². The van der Waals surface area contributed by atoms with Crippen LogP contribution in [0.2, 0.25) is 0 Å². The SMILES string of the molecule is Cc1ccc2c(N[C@@H]3CCCN(C)C3)nnc(-c3ccc(C#N)cc3O)c2c1. The van der Waals surface area contributed by atoms with Gasteiger partial charge in [0.15, 0.2) is 5.82 Å².